The van der Waals surface area contributed by atoms with Crippen LogP contribution in [0.15, 0.2) is 27.1 Å². The Labute approximate surface area is 107 Å². The average molecular weight is 337 g/mol. The molecule has 0 aromatic heterocycles. The fraction of sp³-hybridized carbons (Fsp3) is 0.455. The molecule has 0 aliphatic carbocycles. The smallest absolute Gasteiger partial charge is 0.0524 e. The highest BCUT2D eigenvalue weighted by molar-refractivity contribution is 9.13. The molecule has 0 unspecified atom stereocenters. The second kappa shape index (κ2) is 6.63. The molecule has 15 heavy (non-hydrogen) atoms. The first kappa shape index (κ1) is 13.2. The van der Waals surface area contributed by atoms with Gasteiger partial charge in [-0.1, -0.05) is 6.07 Å². The molecule has 4 heteroatoms. The van der Waals surface area contributed by atoms with Crippen molar-refractivity contribution in [1.29, 1.82) is 0 Å². The summed E-state index contributed by atoms with van der Waals surface area (Å²) in [6.45, 7) is 3.47. The van der Waals surface area contributed by atoms with Gasteiger partial charge in [0.05, 0.1) is 6.10 Å². The predicted octanol–water partition coefficient (Wildman–Crippen LogP) is 3.07. The Balaban J connectivity index is 2.35. The number of benzene rings is 1. The van der Waals surface area contributed by atoms with E-state index in [-0.39, 0.29) is 6.10 Å². The molecule has 0 saturated carbocycles. The van der Waals surface area contributed by atoms with Gasteiger partial charge >= 0.3 is 0 Å². The standard InChI is InChI=1S/C11H15Br2NO/c1-8(15)4-5-14-7-9-2-3-10(12)11(13)6-9/h2-3,6,8,14-15H,4-5,7H2,1H3/t8-/m0/s1. The van der Waals surface area contributed by atoms with Gasteiger partial charge in [0.15, 0.2) is 0 Å². The summed E-state index contributed by atoms with van der Waals surface area (Å²) >= 11 is 6.89. The van der Waals surface area contributed by atoms with Crippen LogP contribution in [0.25, 0.3) is 0 Å². The highest BCUT2D eigenvalue weighted by atomic mass is 79.9. The van der Waals surface area contributed by atoms with Gasteiger partial charge in [-0.2, -0.15) is 0 Å². The summed E-state index contributed by atoms with van der Waals surface area (Å²) in [6, 6.07) is 6.18. The van der Waals surface area contributed by atoms with E-state index in [1.807, 2.05) is 6.07 Å². The van der Waals surface area contributed by atoms with Crippen molar-refractivity contribution in [3.63, 3.8) is 0 Å². The number of aliphatic hydroxyl groups is 1. The van der Waals surface area contributed by atoms with E-state index >= 15 is 0 Å². The molecule has 0 aliphatic heterocycles. The van der Waals surface area contributed by atoms with Crippen LogP contribution >= 0.6 is 31.9 Å². The molecular formula is C11H15Br2NO. The number of halogens is 2. The Morgan fingerprint density at radius 1 is 1.33 bits per heavy atom. The molecule has 0 bridgehead atoms. The zero-order chi connectivity index (χ0) is 11.3. The van der Waals surface area contributed by atoms with Crippen molar-refractivity contribution in [2.75, 3.05) is 6.54 Å². The monoisotopic (exact) mass is 335 g/mol. The predicted molar refractivity (Wildman–Crippen MR) is 69.8 cm³/mol. The molecule has 1 rings (SSSR count). The van der Waals surface area contributed by atoms with E-state index in [9.17, 15) is 0 Å². The van der Waals surface area contributed by atoms with E-state index in [1.54, 1.807) is 6.92 Å². The molecule has 0 heterocycles. The summed E-state index contributed by atoms with van der Waals surface area (Å²) in [7, 11) is 0. The summed E-state index contributed by atoms with van der Waals surface area (Å²) < 4.78 is 2.13. The maximum atomic E-state index is 9.08. The minimum atomic E-state index is -0.228. The van der Waals surface area contributed by atoms with Crippen molar-refractivity contribution < 1.29 is 5.11 Å². The largest absolute Gasteiger partial charge is 0.393 e. The first-order valence-electron chi connectivity index (χ1n) is 4.92. The molecule has 2 nitrogen and oxygen atoms in total. The van der Waals surface area contributed by atoms with Crippen molar-refractivity contribution >= 4 is 31.9 Å². The van der Waals surface area contributed by atoms with Gasteiger partial charge in [0.2, 0.25) is 0 Å². The van der Waals surface area contributed by atoms with Crippen LogP contribution < -0.4 is 5.32 Å². The van der Waals surface area contributed by atoms with Gasteiger partial charge < -0.3 is 10.4 Å². The van der Waals surface area contributed by atoms with Crippen LogP contribution in [0.5, 0.6) is 0 Å². The van der Waals surface area contributed by atoms with E-state index in [0.717, 1.165) is 28.5 Å². The van der Waals surface area contributed by atoms with E-state index in [4.69, 9.17) is 5.11 Å². The summed E-state index contributed by atoms with van der Waals surface area (Å²) in [6.07, 6.45) is 0.562. The lowest BCUT2D eigenvalue weighted by molar-refractivity contribution is 0.183. The molecule has 0 saturated heterocycles. The summed E-state index contributed by atoms with van der Waals surface area (Å²) in [5, 5.41) is 12.4. The molecule has 2 N–H and O–H groups in total. The Morgan fingerprint density at radius 2 is 2.07 bits per heavy atom. The molecule has 1 atom stereocenters. The Kier molecular flexibility index (Phi) is 5.82. The van der Waals surface area contributed by atoms with E-state index in [0.29, 0.717) is 0 Å². The number of hydrogen-bond donors (Lipinski definition) is 2. The van der Waals surface area contributed by atoms with Gasteiger partial charge in [-0.3, -0.25) is 0 Å². The lowest BCUT2D eigenvalue weighted by atomic mass is 10.2. The SMILES string of the molecule is C[C@H](O)CCNCc1ccc(Br)c(Br)c1. The van der Waals surface area contributed by atoms with Gasteiger partial charge in [-0.25, -0.2) is 0 Å². The van der Waals surface area contributed by atoms with Gasteiger partial charge in [0.25, 0.3) is 0 Å². The van der Waals surface area contributed by atoms with E-state index in [1.165, 1.54) is 5.56 Å². The zero-order valence-corrected chi connectivity index (χ0v) is 11.8. The minimum Gasteiger partial charge on any atom is -0.393 e. The van der Waals surface area contributed by atoms with Crippen LogP contribution in [-0.2, 0) is 6.54 Å². The van der Waals surface area contributed by atoms with Crippen LogP contribution in [0, 0.1) is 0 Å². The third-order valence-electron chi connectivity index (χ3n) is 2.05. The second-order valence-electron chi connectivity index (χ2n) is 3.56. The number of nitrogens with one attached hydrogen (secondary N) is 1. The first-order valence-corrected chi connectivity index (χ1v) is 6.51. The van der Waals surface area contributed by atoms with Crippen LogP contribution in [-0.4, -0.2) is 17.8 Å². The number of rotatable bonds is 5. The molecule has 0 amide bonds. The number of hydrogen-bond acceptors (Lipinski definition) is 2. The van der Waals surface area contributed by atoms with Crippen LogP contribution in [0.3, 0.4) is 0 Å². The van der Waals surface area contributed by atoms with Crippen LogP contribution in [0.1, 0.15) is 18.9 Å². The summed E-state index contributed by atoms with van der Waals surface area (Å²) in [5.74, 6) is 0. The quantitative estimate of drug-likeness (QED) is 0.810. The Hall–Kier alpha value is 0.1000. The van der Waals surface area contributed by atoms with Crippen molar-refractivity contribution in [2.45, 2.75) is 26.0 Å². The third kappa shape index (κ3) is 5.11. The van der Waals surface area contributed by atoms with Gasteiger partial charge in [0, 0.05) is 15.5 Å². The van der Waals surface area contributed by atoms with Crippen molar-refractivity contribution in [2.24, 2.45) is 0 Å². The molecule has 0 fully saturated rings. The molecule has 1 aromatic carbocycles. The Bertz CT molecular complexity index is 315. The first-order chi connectivity index (χ1) is 7.09. The van der Waals surface area contributed by atoms with Gasteiger partial charge in [-0.15, -0.1) is 0 Å². The van der Waals surface area contributed by atoms with Crippen molar-refractivity contribution in [3.8, 4) is 0 Å². The summed E-state index contributed by atoms with van der Waals surface area (Å²) in [4.78, 5) is 0. The molecular weight excluding hydrogens is 322 g/mol. The average Bonchev–Trinajstić information content (AvgIpc) is 2.18. The normalized spacial score (nSPS) is 12.8. The molecule has 0 spiro atoms. The lowest BCUT2D eigenvalue weighted by Gasteiger charge is -2.07. The van der Waals surface area contributed by atoms with Crippen molar-refractivity contribution in [1.82, 2.24) is 5.32 Å². The van der Waals surface area contributed by atoms with Crippen molar-refractivity contribution in [3.05, 3.63) is 32.7 Å². The minimum absolute atomic E-state index is 0.228. The van der Waals surface area contributed by atoms with Gasteiger partial charge in [0.1, 0.15) is 0 Å². The maximum Gasteiger partial charge on any atom is 0.0524 e. The molecule has 84 valence electrons. The van der Waals surface area contributed by atoms with Crippen LogP contribution in [0.4, 0.5) is 0 Å². The van der Waals surface area contributed by atoms with E-state index < -0.39 is 0 Å². The Morgan fingerprint density at radius 3 is 2.67 bits per heavy atom. The van der Waals surface area contributed by atoms with E-state index in [2.05, 4.69) is 49.3 Å². The maximum absolute atomic E-state index is 9.08. The number of aliphatic hydroxyl groups excluding tert-OH is 1. The van der Waals surface area contributed by atoms with Gasteiger partial charge in [-0.05, 0) is 69.4 Å². The molecule has 0 aliphatic rings. The summed E-state index contributed by atoms with van der Waals surface area (Å²) in [5.41, 5.74) is 1.23. The van der Waals surface area contributed by atoms with Crippen LogP contribution in [0.2, 0.25) is 0 Å². The second-order valence-corrected chi connectivity index (χ2v) is 5.27. The zero-order valence-electron chi connectivity index (χ0n) is 8.63. The lowest BCUT2D eigenvalue weighted by Crippen LogP contribution is -2.18. The molecule has 1 aromatic rings. The fourth-order valence-corrected chi connectivity index (χ4v) is 1.87. The third-order valence-corrected chi connectivity index (χ3v) is 3.93. The highest BCUT2D eigenvalue weighted by Crippen LogP contribution is 2.23. The molecule has 0 radical (unpaired) electrons. The fourth-order valence-electron chi connectivity index (χ4n) is 1.19. The topological polar surface area (TPSA) is 32.3 Å². The highest BCUT2D eigenvalue weighted by Gasteiger charge is 1.99.